The fourth-order valence-corrected chi connectivity index (χ4v) is 2.41. The largest absolute Gasteiger partial charge is 0.481 e. The van der Waals surface area contributed by atoms with Gasteiger partial charge in [-0.05, 0) is 5.56 Å². The number of ether oxygens (including phenoxy) is 1. The summed E-state index contributed by atoms with van der Waals surface area (Å²) in [7, 11) is 3.33. The maximum absolute atomic E-state index is 10.6. The van der Waals surface area contributed by atoms with Gasteiger partial charge in [-0.25, -0.2) is 9.67 Å². The Kier molecular flexibility index (Phi) is 4.75. The van der Waals surface area contributed by atoms with Crippen LogP contribution in [0.1, 0.15) is 17.5 Å². The van der Waals surface area contributed by atoms with Crippen LogP contribution in [0.2, 0.25) is 0 Å². The van der Waals surface area contributed by atoms with Crippen LogP contribution < -0.4 is 0 Å². The number of aromatic nitrogens is 3. The highest BCUT2D eigenvalue weighted by molar-refractivity contribution is 7.99. The van der Waals surface area contributed by atoms with E-state index in [0.717, 1.165) is 17.3 Å². The average Bonchev–Trinajstić information content (AvgIpc) is 2.79. The first-order valence-corrected chi connectivity index (χ1v) is 6.93. The summed E-state index contributed by atoms with van der Waals surface area (Å²) in [6.07, 6.45) is -0.360. The maximum Gasteiger partial charge on any atom is 0.313 e. The molecule has 106 valence electrons. The van der Waals surface area contributed by atoms with E-state index >= 15 is 0 Å². The number of hydrogen-bond acceptors (Lipinski definition) is 5. The van der Waals surface area contributed by atoms with Crippen LogP contribution in [0.3, 0.4) is 0 Å². The molecule has 0 bridgehead atoms. The normalized spacial score (nSPS) is 12.3. The standard InChI is InChI=1S/C13H15N3O3S/c1-16-13(20-8-10(17)18)14-12(15-16)11(19-2)9-6-4-3-5-7-9/h3-7,11H,8H2,1-2H3,(H,17,18). The summed E-state index contributed by atoms with van der Waals surface area (Å²) in [5.41, 5.74) is 0.954. The number of hydrogen-bond donors (Lipinski definition) is 1. The second-order valence-electron chi connectivity index (χ2n) is 4.09. The maximum atomic E-state index is 10.6. The predicted molar refractivity (Wildman–Crippen MR) is 74.7 cm³/mol. The predicted octanol–water partition coefficient (Wildman–Crippen LogP) is 1.73. The molecule has 7 heteroatoms. The molecule has 0 spiro atoms. The second kappa shape index (κ2) is 6.53. The zero-order valence-corrected chi connectivity index (χ0v) is 12.0. The van der Waals surface area contributed by atoms with Crippen molar-refractivity contribution in [3.63, 3.8) is 0 Å². The van der Waals surface area contributed by atoms with Crippen LogP contribution in [0.15, 0.2) is 35.5 Å². The number of carbonyl (C=O) groups is 1. The highest BCUT2D eigenvalue weighted by atomic mass is 32.2. The van der Waals surface area contributed by atoms with Crippen LogP contribution in [0.5, 0.6) is 0 Å². The Morgan fingerprint density at radius 3 is 2.75 bits per heavy atom. The van der Waals surface area contributed by atoms with Gasteiger partial charge in [0.25, 0.3) is 0 Å². The Labute approximate surface area is 120 Å². The van der Waals surface area contributed by atoms with Gasteiger partial charge >= 0.3 is 5.97 Å². The summed E-state index contributed by atoms with van der Waals surface area (Å²) in [6, 6.07) is 9.65. The number of aryl methyl sites for hydroxylation is 1. The van der Waals surface area contributed by atoms with E-state index in [1.807, 2.05) is 30.3 Å². The molecule has 0 fully saturated rings. The molecular weight excluding hydrogens is 278 g/mol. The fraction of sp³-hybridized carbons (Fsp3) is 0.308. The molecule has 0 aliphatic rings. The Bertz CT molecular complexity index is 586. The molecule has 0 amide bonds. The van der Waals surface area contributed by atoms with Crippen LogP contribution in [0.4, 0.5) is 0 Å². The number of thioether (sulfide) groups is 1. The SMILES string of the molecule is COC(c1ccccc1)c1nc(SCC(=O)O)n(C)n1. The monoisotopic (exact) mass is 293 g/mol. The van der Waals surface area contributed by atoms with Crippen LogP contribution in [0, 0.1) is 0 Å². The molecule has 2 rings (SSSR count). The summed E-state index contributed by atoms with van der Waals surface area (Å²) < 4.78 is 7.02. The first-order valence-electron chi connectivity index (χ1n) is 5.95. The van der Waals surface area contributed by atoms with Gasteiger partial charge < -0.3 is 9.84 Å². The van der Waals surface area contributed by atoms with Crippen molar-refractivity contribution in [1.82, 2.24) is 14.8 Å². The van der Waals surface area contributed by atoms with Crippen molar-refractivity contribution in [3.05, 3.63) is 41.7 Å². The van der Waals surface area contributed by atoms with Crippen molar-refractivity contribution in [2.75, 3.05) is 12.9 Å². The van der Waals surface area contributed by atoms with E-state index in [4.69, 9.17) is 9.84 Å². The third kappa shape index (κ3) is 3.37. The van der Waals surface area contributed by atoms with Gasteiger partial charge in [-0.2, -0.15) is 5.10 Å². The highest BCUT2D eigenvalue weighted by Gasteiger charge is 2.20. The van der Waals surface area contributed by atoms with E-state index in [2.05, 4.69) is 10.1 Å². The quantitative estimate of drug-likeness (QED) is 0.817. The smallest absolute Gasteiger partial charge is 0.313 e. The molecule has 0 aliphatic heterocycles. The van der Waals surface area contributed by atoms with E-state index in [1.165, 1.54) is 0 Å². The lowest BCUT2D eigenvalue weighted by molar-refractivity contribution is -0.133. The molecule has 0 radical (unpaired) electrons. The molecule has 1 atom stereocenters. The molecule has 1 aromatic carbocycles. The van der Waals surface area contributed by atoms with E-state index in [1.54, 1.807) is 18.8 Å². The lowest BCUT2D eigenvalue weighted by Crippen LogP contribution is -2.06. The van der Waals surface area contributed by atoms with E-state index < -0.39 is 5.97 Å². The Morgan fingerprint density at radius 2 is 2.15 bits per heavy atom. The second-order valence-corrected chi connectivity index (χ2v) is 5.03. The van der Waals surface area contributed by atoms with Gasteiger partial charge in [-0.1, -0.05) is 42.1 Å². The van der Waals surface area contributed by atoms with Gasteiger partial charge in [0.15, 0.2) is 11.0 Å². The minimum Gasteiger partial charge on any atom is -0.481 e. The molecule has 1 heterocycles. The van der Waals surface area contributed by atoms with Gasteiger partial charge in [-0.3, -0.25) is 4.79 Å². The summed E-state index contributed by atoms with van der Waals surface area (Å²) in [4.78, 5) is 15.0. The van der Waals surface area contributed by atoms with Crippen molar-refractivity contribution in [2.45, 2.75) is 11.3 Å². The summed E-state index contributed by atoms with van der Waals surface area (Å²) in [5, 5.41) is 13.6. The summed E-state index contributed by atoms with van der Waals surface area (Å²) in [6.45, 7) is 0. The lowest BCUT2D eigenvalue weighted by Gasteiger charge is -2.11. The Morgan fingerprint density at radius 1 is 1.45 bits per heavy atom. The third-order valence-corrected chi connectivity index (χ3v) is 3.64. The van der Waals surface area contributed by atoms with Crippen molar-refractivity contribution >= 4 is 17.7 Å². The highest BCUT2D eigenvalue weighted by Crippen LogP contribution is 2.24. The molecule has 0 saturated carbocycles. The number of aliphatic carboxylic acids is 1. The number of carboxylic acid groups (broad SMARTS) is 1. The van der Waals surface area contributed by atoms with Crippen molar-refractivity contribution in [1.29, 1.82) is 0 Å². The molecule has 1 N–H and O–H groups in total. The van der Waals surface area contributed by atoms with Crippen molar-refractivity contribution in [2.24, 2.45) is 7.05 Å². The number of carboxylic acids is 1. The molecule has 0 saturated heterocycles. The van der Waals surface area contributed by atoms with E-state index in [-0.39, 0.29) is 11.9 Å². The fourth-order valence-electron chi connectivity index (χ4n) is 1.77. The lowest BCUT2D eigenvalue weighted by atomic mass is 10.1. The van der Waals surface area contributed by atoms with Crippen LogP contribution in [0.25, 0.3) is 0 Å². The summed E-state index contributed by atoms with van der Waals surface area (Å²) >= 11 is 1.13. The summed E-state index contributed by atoms with van der Waals surface area (Å²) in [5.74, 6) is -0.408. The van der Waals surface area contributed by atoms with Crippen LogP contribution in [-0.4, -0.2) is 38.7 Å². The van der Waals surface area contributed by atoms with Gasteiger partial charge in [0, 0.05) is 14.2 Å². The molecule has 6 nitrogen and oxygen atoms in total. The van der Waals surface area contributed by atoms with Crippen LogP contribution in [-0.2, 0) is 16.6 Å². The molecule has 0 aliphatic carbocycles. The van der Waals surface area contributed by atoms with Gasteiger partial charge in [0.2, 0.25) is 0 Å². The van der Waals surface area contributed by atoms with Gasteiger partial charge in [-0.15, -0.1) is 0 Å². The first-order chi connectivity index (χ1) is 9.61. The molecule has 20 heavy (non-hydrogen) atoms. The van der Waals surface area contributed by atoms with E-state index in [0.29, 0.717) is 11.0 Å². The molecule has 1 aromatic heterocycles. The molecule has 1 unspecified atom stereocenters. The zero-order chi connectivity index (χ0) is 14.5. The molecular formula is C13H15N3O3S. The van der Waals surface area contributed by atoms with Crippen molar-refractivity contribution in [3.8, 4) is 0 Å². The third-order valence-electron chi connectivity index (χ3n) is 2.64. The minimum absolute atomic E-state index is 0.0467. The number of rotatable bonds is 6. The Balaban J connectivity index is 2.23. The number of nitrogens with zero attached hydrogens (tertiary/aromatic N) is 3. The van der Waals surface area contributed by atoms with Crippen LogP contribution >= 0.6 is 11.8 Å². The molecule has 2 aromatic rings. The average molecular weight is 293 g/mol. The number of benzene rings is 1. The zero-order valence-electron chi connectivity index (χ0n) is 11.2. The van der Waals surface area contributed by atoms with Crippen molar-refractivity contribution < 1.29 is 14.6 Å². The minimum atomic E-state index is -0.883. The van der Waals surface area contributed by atoms with Gasteiger partial charge in [0.1, 0.15) is 6.10 Å². The topological polar surface area (TPSA) is 77.2 Å². The van der Waals surface area contributed by atoms with E-state index in [9.17, 15) is 4.79 Å². The first kappa shape index (κ1) is 14.5. The number of methoxy groups -OCH3 is 1. The Hall–Kier alpha value is -1.86. The van der Waals surface area contributed by atoms with Gasteiger partial charge in [0.05, 0.1) is 5.75 Å².